The summed E-state index contributed by atoms with van der Waals surface area (Å²) in [5.41, 5.74) is -1.52. The number of thiocarbonyl (C=S) groups is 1. The number of nitrogens with one attached hydrogen (secondary N) is 1. The first-order valence-electron chi connectivity index (χ1n) is 21.4. The van der Waals surface area contributed by atoms with E-state index in [-0.39, 0.29) is 43.1 Å². The highest BCUT2D eigenvalue weighted by Gasteiger charge is 2.52. The second-order valence-electron chi connectivity index (χ2n) is 17.8. The van der Waals surface area contributed by atoms with Gasteiger partial charge in [-0.15, -0.1) is 21.5 Å². The SMILES string of the molecule is Cc1ncsc1-c1nnc([C@@H]2C[C@@H](O)CN2C(=O)[C@@H](NC(=O)COCCCCOc2ccc(-c3ccc(N4C(=S)N(c5ccc(C#N)c(C(F)(F)F)c5F)C(=O)C4(C)C)cn3)cc2)C(C)(C)C)o1. The van der Waals surface area contributed by atoms with Gasteiger partial charge in [-0.05, 0) is 99.8 Å². The molecule has 0 unspecified atom stereocenters. The number of amides is 3. The highest BCUT2D eigenvalue weighted by atomic mass is 32.1. The van der Waals surface area contributed by atoms with Gasteiger partial charge >= 0.3 is 6.18 Å². The molecule has 0 radical (unpaired) electrons. The molecule has 0 aliphatic carbocycles. The molecule has 0 bridgehead atoms. The normalized spacial score (nSPS) is 17.7. The average molecular weight is 978 g/mol. The van der Waals surface area contributed by atoms with Crippen molar-refractivity contribution < 1.29 is 50.9 Å². The van der Waals surface area contributed by atoms with Crippen molar-refractivity contribution in [2.24, 2.45) is 5.41 Å². The molecule has 22 heteroatoms. The van der Waals surface area contributed by atoms with Crippen molar-refractivity contribution in [2.75, 3.05) is 36.2 Å². The van der Waals surface area contributed by atoms with Gasteiger partial charge in [0.1, 0.15) is 40.4 Å². The predicted octanol–water partition coefficient (Wildman–Crippen LogP) is 7.55. The van der Waals surface area contributed by atoms with E-state index in [2.05, 4.69) is 25.5 Å². The Morgan fingerprint density at radius 1 is 1.07 bits per heavy atom. The van der Waals surface area contributed by atoms with E-state index in [1.807, 2.05) is 27.7 Å². The molecule has 5 aromatic rings. The number of rotatable bonds is 15. The summed E-state index contributed by atoms with van der Waals surface area (Å²) in [6.07, 6.45) is -3.16. The number of nitrogens with zero attached hydrogens (tertiary/aromatic N) is 8. The lowest BCUT2D eigenvalue weighted by molar-refractivity contribution is -0.142. The van der Waals surface area contributed by atoms with Crippen molar-refractivity contribution in [1.82, 2.24) is 30.4 Å². The van der Waals surface area contributed by atoms with E-state index in [4.69, 9.17) is 26.1 Å². The van der Waals surface area contributed by atoms with Crippen molar-refractivity contribution in [2.45, 2.75) is 90.7 Å². The summed E-state index contributed by atoms with van der Waals surface area (Å²) in [4.78, 5) is 53.6. The Morgan fingerprint density at radius 2 is 1.79 bits per heavy atom. The number of aromatic nitrogens is 4. The van der Waals surface area contributed by atoms with E-state index in [9.17, 15) is 37.9 Å². The fourth-order valence-electron chi connectivity index (χ4n) is 7.90. The third-order valence-electron chi connectivity index (χ3n) is 11.4. The number of likely N-dealkylation sites (tertiary alicyclic amines) is 1. The minimum absolute atomic E-state index is 0.0375. The molecule has 3 atom stereocenters. The van der Waals surface area contributed by atoms with Crippen LogP contribution in [0.5, 0.6) is 5.75 Å². The standard InChI is InChI=1S/C46H47F4N9O7S2/c1-25-37(68-24-53-25)40-56-55-39(66-40)33-19-29(60)22-57(33)41(62)38(44(2,3)4)54-34(61)23-64-17-7-8-18-65-30-13-9-26(10-14-30)31-15-12-28(21-52-31)59-43(67)58(42(63)45(59,5)6)32-16-11-27(20-51)35(36(32)47)46(48,49)50/h9-16,21,24,29,33,38,60H,7-8,17-19,22-23H2,1-6H3,(H,54,61)/t29-,33+,38-/m1/s1. The van der Waals surface area contributed by atoms with Crippen LogP contribution in [0.3, 0.4) is 0 Å². The molecule has 2 fully saturated rings. The van der Waals surface area contributed by atoms with Crippen molar-refractivity contribution in [3.63, 3.8) is 0 Å². The number of ether oxygens (including phenoxy) is 2. The molecule has 2 N–H and O–H groups in total. The molecule has 0 spiro atoms. The van der Waals surface area contributed by atoms with Gasteiger partial charge in [0.2, 0.25) is 17.7 Å². The van der Waals surface area contributed by atoms with Crippen LogP contribution in [0.25, 0.3) is 22.0 Å². The Balaban J connectivity index is 0.869. The zero-order valence-electron chi connectivity index (χ0n) is 37.8. The highest BCUT2D eigenvalue weighted by molar-refractivity contribution is 7.81. The van der Waals surface area contributed by atoms with Crippen LogP contribution in [0.4, 0.5) is 28.9 Å². The van der Waals surface area contributed by atoms with Crippen LogP contribution in [0.2, 0.25) is 0 Å². The molecular weight excluding hydrogens is 931 g/mol. The van der Waals surface area contributed by atoms with Crippen molar-refractivity contribution in [3.8, 4) is 33.8 Å². The van der Waals surface area contributed by atoms with E-state index in [1.165, 1.54) is 47.3 Å². The molecule has 358 valence electrons. The molecule has 2 saturated heterocycles. The maximum atomic E-state index is 15.4. The summed E-state index contributed by atoms with van der Waals surface area (Å²) >= 11 is 6.89. The summed E-state index contributed by atoms with van der Waals surface area (Å²) < 4.78 is 74.2. The topological polar surface area (TPSA) is 200 Å². The van der Waals surface area contributed by atoms with Gasteiger partial charge in [-0.2, -0.15) is 18.4 Å². The highest BCUT2D eigenvalue weighted by Crippen LogP contribution is 2.42. The largest absolute Gasteiger partial charge is 0.494 e. The van der Waals surface area contributed by atoms with Crippen LogP contribution in [-0.4, -0.2) is 97.1 Å². The zero-order valence-corrected chi connectivity index (χ0v) is 39.4. The maximum absolute atomic E-state index is 15.4. The van der Waals surface area contributed by atoms with Gasteiger partial charge in [0.25, 0.3) is 11.8 Å². The molecular formula is C46H47F4N9O7S2. The third kappa shape index (κ3) is 10.2. The van der Waals surface area contributed by atoms with Crippen LogP contribution >= 0.6 is 23.6 Å². The summed E-state index contributed by atoms with van der Waals surface area (Å²) in [5, 5.41) is 30.6. The Hall–Kier alpha value is -6.41. The Morgan fingerprint density at radius 3 is 2.43 bits per heavy atom. The van der Waals surface area contributed by atoms with Crippen molar-refractivity contribution in [3.05, 3.63) is 88.8 Å². The number of unbranched alkanes of at least 4 members (excludes halogenated alkanes) is 1. The van der Waals surface area contributed by atoms with Crippen LogP contribution in [0.15, 0.2) is 64.7 Å². The van der Waals surface area contributed by atoms with Gasteiger partial charge < -0.3 is 34.1 Å². The molecule has 5 heterocycles. The number of hydrogen-bond donors (Lipinski definition) is 2. The first-order chi connectivity index (χ1) is 32.1. The molecule has 2 aromatic carbocycles. The predicted molar refractivity (Wildman–Crippen MR) is 245 cm³/mol. The van der Waals surface area contributed by atoms with Crippen LogP contribution < -0.4 is 19.9 Å². The number of aliphatic hydroxyl groups is 1. The number of carbonyl (C=O) groups is 3. The van der Waals surface area contributed by atoms with Crippen LogP contribution in [-0.2, 0) is 25.3 Å². The zero-order chi connectivity index (χ0) is 49.3. The maximum Gasteiger partial charge on any atom is 0.420 e. The number of carbonyl (C=O) groups excluding carboxylic acids is 3. The summed E-state index contributed by atoms with van der Waals surface area (Å²) in [5.74, 6) is -2.35. The van der Waals surface area contributed by atoms with Gasteiger partial charge in [-0.25, -0.2) is 9.37 Å². The lowest BCUT2D eigenvalue weighted by Crippen LogP contribution is -2.55. The number of aryl methyl sites for hydroxylation is 1. The monoisotopic (exact) mass is 977 g/mol. The average Bonchev–Trinajstić information content (AvgIpc) is 4.07. The van der Waals surface area contributed by atoms with Gasteiger partial charge in [0, 0.05) is 25.1 Å². The van der Waals surface area contributed by atoms with E-state index < -0.39 is 75.7 Å². The van der Waals surface area contributed by atoms with E-state index in [1.54, 1.807) is 41.9 Å². The first kappa shape index (κ1) is 49.5. The lowest BCUT2D eigenvalue weighted by Gasteiger charge is -2.35. The number of anilines is 2. The minimum Gasteiger partial charge on any atom is -0.494 e. The number of hydrogen-bond acceptors (Lipinski definition) is 14. The molecule has 16 nitrogen and oxygen atoms in total. The van der Waals surface area contributed by atoms with Gasteiger partial charge in [-0.1, -0.05) is 20.8 Å². The fourth-order valence-corrected chi connectivity index (χ4v) is 9.14. The number of benzene rings is 2. The van der Waals surface area contributed by atoms with E-state index in [0.717, 1.165) is 28.3 Å². The molecule has 3 aromatic heterocycles. The van der Waals surface area contributed by atoms with Gasteiger partial charge in [-0.3, -0.25) is 24.3 Å². The number of halogens is 4. The fraction of sp³-hybridized carbons (Fsp3) is 0.413. The Bertz CT molecular complexity index is 2730. The molecule has 2 aliphatic rings. The van der Waals surface area contributed by atoms with Gasteiger partial charge in [0.15, 0.2) is 10.9 Å². The molecule has 3 amide bonds. The number of pyridine rings is 1. The Kier molecular flexibility index (Phi) is 14.3. The second-order valence-corrected chi connectivity index (χ2v) is 19.0. The first-order valence-corrected chi connectivity index (χ1v) is 22.7. The minimum atomic E-state index is -5.20. The van der Waals surface area contributed by atoms with Crippen molar-refractivity contribution in [1.29, 1.82) is 5.26 Å². The number of aliphatic hydroxyl groups excluding tert-OH is 1. The Labute approximate surface area is 397 Å². The van der Waals surface area contributed by atoms with Crippen LogP contribution in [0, 0.1) is 29.5 Å². The summed E-state index contributed by atoms with van der Waals surface area (Å²) in [6.45, 7) is 10.7. The van der Waals surface area contributed by atoms with Crippen molar-refractivity contribution >= 4 is 57.8 Å². The lowest BCUT2D eigenvalue weighted by atomic mass is 9.85. The smallest absolute Gasteiger partial charge is 0.420 e. The molecule has 7 rings (SSSR count). The molecule has 0 saturated carbocycles. The van der Waals surface area contributed by atoms with Gasteiger partial charge in [0.05, 0.1) is 58.8 Å². The quantitative estimate of drug-likeness (QED) is 0.0592. The third-order valence-corrected chi connectivity index (χ3v) is 12.7. The second kappa shape index (κ2) is 19.7. The van der Waals surface area contributed by atoms with E-state index in [0.29, 0.717) is 41.5 Å². The van der Waals surface area contributed by atoms with E-state index >= 15 is 4.39 Å². The number of alkyl halides is 3. The number of β-amino-alcohol motifs (C(OH)–C–C–N with tert-alkyl or cyclic N) is 1. The molecule has 68 heavy (non-hydrogen) atoms. The molecule has 2 aliphatic heterocycles. The summed E-state index contributed by atoms with van der Waals surface area (Å²) in [7, 11) is 0. The van der Waals surface area contributed by atoms with Crippen LogP contribution in [0.1, 0.15) is 82.6 Å². The number of thiazole rings is 1. The summed E-state index contributed by atoms with van der Waals surface area (Å²) in [6, 6.07) is 11.9. The number of nitriles is 1.